The van der Waals surface area contributed by atoms with Crippen molar-refractivity contribution in [3.8, 4) is 0 Å². The summed E-state index contributed by atoms with van der Waals surface area (Å²) < 4.78 is 0. The van der Waals surface area contributed by atoms with Crippen LogP contribution < -0.4 is 27.4 Å². The molecule has 1 aromatic heterocycles. The normalized spacial score (nSPS) is 15.2. The second-order valence-corrected chi connectivity index (χ2v) is 8.58. The zero-order chi connectivity index (χ0) is 27.0. The molecule has 0 aliphatic carbocycles. The van der Waals surface area contributed by atoms with Gasteiger partial charge in [0.1, 0.15) is 18.1 Å². The molecule has 0 aliphatic rings. The Bertz CT molecular complexity index is 1120. The predicted molar refractivity (Wildman–Crippen MR) is 133 cm³/mol. The Morgan fingerprint density at radius 1 is 1.03 bits per heavy atom. The maximum atomic E-state index is 12.9. The number of amides is 4. The van der Waals surface area contributed by atoms with Gasteiger partial charge in [-0.25, -0.2) is 4.79 Å². The number of carboxylic acids is 1. The first-order valence-electron chi connectivity index (χ1n) is 11.0. The summed E-state index contributed by atoms with van der Waals surface area (Å²) in [4.78, 5) is 64.2. The summed E-state index contributed by atoms with van der Waals surface area (Å²) in [6, 6.07) is 1.65. The number of aromatic amines is 1. The van der Waals surface area contributed by atoms with Crippen molar-refractivity contribution in [1.29, 1.82) is 0 Å². The lowest BCUT2D eigenvalue weighted by Gasteiger charge is -2.26. The van der Waals surface area contributed by atoms with Gasteiger partial charge in [-0.3, -0.25) is 19.2 Å². The van der Waals surface area contributed by atoms with Gasteiger partial charge < -0.3 is 42.6 Å². The molecule has 10 N–H and O–H groups in total. The van der Waals surface area contributed by atoms with Gasteiger partial charge in [-0.05, 0) is 18.6 Å². The number of carboxylic acid groups (broad SMARTS) is 1. The van der Waals surface area contributed by atoms with E-state index in [4.69, 9.17) is 11.5 Å². The minimum absolute atomic E-state index is 0.0281. The quantitative estimate of drug-likeness (QED) is 0.130. The number of para-hydroxylation sites is 1. The number of fused-ring (bicyclic) bond motifs is 1. The molecular weight excluding hydrogens is 492 g/mol. The number of thiol groups is 1. The van der Waals surface area contributed by atoms with Gasteiger partial charge in [0.15, 0.2) is 0 Å². The van der Waals surface area contributed by atoms with Crippen molar-refractivity contribution in [2.45, 2.75) is 50.0 Å². The first kappa shape index (κ1) is 28.6. The standard InChI is InChI=1S/C22H30N6O7S/c1-10(29)18(28-19(31)13(23)9-36)21(33)26-15(7-17(24)30)20(32)27-16(22(34)35)6-11-8-25-14-5-3-2-4-12(11)14/h2-5,8,10,13,15-16,18,25,29,36H,6-7,9,23H2,1H3,(H2,24,30)(H,26,33)(H,27,32)(H,28,31)(H,34,35). The number of primary amides is 1. The van der Waals surface area contributed by atoms with E-state index < -0.39 is 66.3 Å². The van der Waals surface area contributed by atoms with E-state index in [2.05, 4.69) is 33.6 Å². The van der Waals surface area contributed by atoms with Crippen LogP contribution in [-0.2, 0) is 30.4 Å². The first-order valence-corrected chi connectivity index (χ1v) is 11.6. The van der Waals surface area contributed by atoms with E-state index in [0.717, 1.165) is 10.9 Å². The van der Waals surface area contributed by atoms with E-state index in [1.54, 1.807) is 18.3 Å². The van der Waals surface area contributed by atoms with Crippen LogP contribution >= 0.6 is 12.6 Å². The van der Waals surface area contributed by atoms with Gasteiger partial charge in [0.05, 0.1) is 18.6 Å². The second kappa shape index (κ2) is 12.9. The third-order valence-electron chi connectivity index (χ3n) is 5.35. The minimum atomic E-state index is -1.57. The van der Waals surface area contributed by atoms with Crippen molar-refractivity contribution < 1.29 is 34.2 Å². The zero-order valence-electron chi connectivity index (χ0n) is 19.4. The molecule has 5 atom stereocenters. The van der Waals surface area contributed by atoms with Crippen LogP contribution in [0.2, 0.25) is 0 Å². The third kappa shape index (κ3) is 7.69. The number of H-pyrrole nitrogens is 1. The number of carbonyl (C=O) groups excluding carboxylic acids is 4. The molecule has 0 saturated heterocycles. The number of aliphatic hydroxyl groups excluding tert-OH is 1. The van der Waals surface area contributed by atoms with Gasteiger partial charge in [0.2, 0.25) is 23.6 Å². The maximum absolute atomic E-state index is 12.9. The van der Waals surface area contributed by atoms with E-state index in [9.17, 15) is 34.2 Å². The monoisotopic (exact) mass is 522 g/mol. The molecule has 14 heteroatoms. The Kier molecular flexibility index (Phi) is 10.3. The Balaban J connectivity index is 2.18. The van der Waals surface area contributed by atoms with Crippen molar-refractivity contribution in [3.05, 3.63) is 36.0 Å². The molecule has 36 heavy (non-hydrogen) atoms. The number of nitrogens with two attached hydrogens (primary N) is 2. The highest BCUT2D eigenvalue weighted by molar-refractivity contribution is 7.80. The Morgan fingerprint density at radius 3 is 2.25 bits per heavy atom. The highest BCUT2D eigenvalue weighted by atomic mass is 32.1. The SMILES string of the molecule is CC(O)C(NC(=O)C(N)CS)C(=O)NC(CC(N)=O)C(=O)NC(Cc1c[nH]c2ccccc12)C(=O)O. The lowest BCUT2D eigenvalue weighted by atomic mass is 10.0. The number of aliphatic carboxylic acids is 1. The highest BCUT2D eigenvalue weighted by Gasteiger charge is 2.33. The average molecular weight is 523 g/mol. The molecule has 0 radical (unpaired) electrons. The van der Waals surface area contributed by atoms with E-state index >= 15 is 0 Å². The molecule has 4 amide bonds. The van der Waals surface area contributed by atoms with E-state index in [0.29, 0.717) is 5.56 Å². The van der Waals surface area contributed by atoms with Crippen LogP contribution in [0.25, 0.3) is 10.9 Å². The van der Waals surface area contributed by atoms with Crippen LogP contribution in [-0.4, -0.2) is 80.8 Å². The van der Waals surface area contributed by atoms with Crippen LogP contribution in [0, 0.1) is 0 Å². The van der Waals surface area contributed by atoms with Gasteiger partial charge in [0.25, 0.3) is 0 Å². The van der Waals surface area contributed by atoms with Crippen molar-refractivity contribution in [1.82, 2.24) is 20.9 Å². The Labute approximate surface area is 211 Å². The smallest absolute Gasteiger partial charge is 0.326 e. The van der Waals surface area contributed by atoms with Crippen LogP contribution in [0.5, 0.6) is 0 Å². The van der Waals surface area contributed by atoms with Crippen molar-refractivity contribution in [2.75, 3.05) is 5.75 Å². The van der Waals surface area contributed by atoms with Crippen LogP contribution in [0.15, 0.2) is 30.5 Å². The van der Waals surface area contributed by atoms with Gasteiger partial charge in [-0.15, -0.1) is 0 Å². The summed E-state index contributed by atoms with van der Waals surface area (Å²) in [5.74, 6) is -5.08. The molecule has 196 valence electrons. The summed E-state index contributed by atoms with van der Waals surface area (Å²) in [6.45, 7) is 1.22. The minimum Gasteiger partial charge on any atom is -0.480 e. The number of rotatable bonds is 13. The molecule has 0 aliphatic heterocycles. The van der Waals surface area contributed by atoms with Gasteiger partial charge >= 0.3 is 5.97 Å². The van der Waals surface area contributed by atoms with E-state index in [1.165, 1.54) is 6.92 Å². The zero-order valence-corrected chi connectivity index (χ0v) is 20.3. The number of hydrogen-bond donors (Lipinski definition) is 9. The Morgan fingerprint density at radius 2 is 1.67 bits per heavy atom. The van der Waals surface area contributed by atoms with Crippen LogP contribution in [0.4, 0.5) is 0 Å². The van der Waals surface area contributed by atoms with Crippen molar-refractivity contribution in [2.24, 2.45) is 11.5 Å². The predicted octanol–water partition coefficient (Wildman–Crippen LogP) is -2.24. The molecule has 0 spiro atoms. The van der Waals surface area contributed by atoms with Crippen LogP contribution in [0.3, 0.4) is 0 Å². The molecule has 1 heterocycles. The van der Waals surface area contributed by atoms with Crippen LogP contribution in [0.1, 0.15) is 18.9 Å². The fourth-order valence-corrected chi connectivity index (χ4v) is 3.58. The van der Waals surface area contributed by atoms with E-state index in [1.807, 2.05) is 12.1 Å². The van der Waals surface area contributed by atoms with Gasteiger partial charge in [-0.1, -0.05) is 18.2 Å². The summed E-state index contributed by atoms with van der Waals surface area (Å²) >= 11 is 3.90. The highest BCUT2D eigenvalue weighted by Crippen LogP contribution is 2.19. The molecule has 0 saturated carbocycles. The summed E-state index contributed by atoms with van der Waals surface area (Å²) in [5.41, 5.74) is 12.2. The molecule has 13 nitrogen and oxygen atoms in total. The summed E-state index contributed by atoms with van der Waals surface area (Å²) in [6.07, 6.45) is -0.517. The maximum Gasteiger partial charge on any atom is 0.326 e. The Hall–Kier alpha value is -3.62. The number of hydrogen-bond acceptors (Lipinski definition) is 8. The number of aromatic nitrogens is 1. The number of carbonyl (C=O) groups is 5. The third-order valence-corrected chi connectivity index (χ3v) is 5.74. The molecule has 2 rings (SSSR count). The number of nitrogens with one attached hydrogen (secondary N) is 4. The molecule has 5 unspecified atom stereocenters. The average Bonchev–Trinajstić information content (AvgIpc) is 3.22. The molecule has 2 aromatic rings. The molecular formula is C22H30N6O7S. The molecule has 0 bridgehead atoms. The second-order valence-electron chi connectivity index (χ2n) is 8.21. The lowest BCUT2D eigenvalue weighted by Crippen LogP contribution is -2.60. The molecule has 1 aromatic carbocycles. The fourth-order valence-electron chi connectivity index (χ4n) is 3.41. The number of aliphatic hydroxyl groups is 1. The molecule has 0 fully saturated rings. The van der Waals surface area contributed by atoms with Crippen molar-refractivity contribution >= 4 is 53.1 Å². The number of benzene rings is 1. The summed E-state index contributed by atoms with van der Waals surface area (Å²) in [5, 5.41) is 27.2. The van der Waals surface area contributed by atoms with Crippen molar-refractivity contribution in [3.63, 3.8) is 0 Å². The lowest BCUT2D eigenvalue weighted by molar-refractivity contribution is -0.142. The first-order chi connectivity index (χ1) is 16.9. The van der Waals surface area contributed by atoms with Gasteiger partial charge in [0, 0.05) is 29.3 Å². The largest absolute Gasteiger partial charge is 0.480 e. The fraction of sp³-hybridized carbons (Fsp3) is 0.409. The topological polar surface area (TPSA) is 230 Å². The summed E-state index contributed by atoms with van der Waals surface area (Å²) in [7, 11) is 0. The van der Waals surface area contributed by atoms with Gasteiger partial charge in [-0.2, -0.15) is 12.6 Å². The van der Waals surface area contributed by atoms with E-state index in [-0.39, 0.29) is 12.2 Å².